The molecule has 7 heteroatoms. The van der Waals surface area contributed by atoms with Crippen LogP contribution >= 0.6 is 0 Å². The van der Waals surface area contributed by atoms with E-state index in [1.54, 1.807) is 0 Å². The van der Waals surface area contributed by atoms with Crippen LogP contribution in [0.3, 0.4) is 0 Å². The highest BCUT2D eigenvalue weighted by atomic mass is 32.2. The molecule has 90 valence electrons. The number of hydrogen-bond acceptors (Lipinski definition) is 5. The predicted octanol–water partition coefficient (Wildman–Crippen LogP) is 0.300. The van der Waals surface area contributed by atoms with E-state index in [2.05, 4.69) is 9.28 Å². The molecule has 0 amide bonds. The van der Waals surface area contributed by atoms with Crippen LogP contribution in [-0.2, 0) is 20.9 Å². The maximum absolute atomic E-state index is 11.4. The van der Waals surface area contributed by atoms with Gasteiger partial charge in [-0.25, -0.2) is 4.68 Å². The first kappa shape index (κ1) is 12.9. The SMILES string of the molecule is CC(C)n1nc(COS(C)(=O)=O)ccc1=O. The van der Waals surface area contributed by atoms with Crippen molar-refractivity contribution >= 4 is 10.1 Å². The van der Waals surface area contributed by atoms with Crippen molar-refractivity contribution in [2.75, 3.05) is 6.26 Å². The highest BCUT2D eigenvalue weighted by Crippen LogP contribution is 2.01. The van der Waals surface area contributed by atoms with Crippen LogP contribution in [0, 0.1) is 0 Å². The molecule has 0 saturated carbocycles. The first-order valence-electron chi connectivity index (χ1n) is 4.73. The summed E-state index contributed by atoms with van der Waals surface area (Å²) in [6.07, 6.45) is 0.964. The Morgan fingerprint density at radius 3 is 2.56 bits per heavy atom. The molecule has 0 spiro atoms. The smallest absolute Gasteiger partial charge is 0.266 e. The van der Waals surface area contributed by atoms with Crippen LogP contribution < -0.4 is 5.56 Å². The summed E-state index contributed by atoms with van der Waals surface area (Å²) in [7, 11) is -3.49. The molecule has 0 aliphatic carbocycles. The van der Waals surface area contributed by atoms with Crippen LogP contribution in [0.5, 0.6) is 0 Å². The summed E-state index contributed by atoms with van der Waals surface area (Å²) in [6.45, 7) is 3.47. The molecule has 0 aliphatic rings. The molecule has 0 unspecified atom stereocenters. The zero-order valence-electron chi connectivity index (χ0n) is 9.37. The Labute approximate surface area is 94.0 Å². The number of aromatic nitrogens is 2. The molecule has 0 atom stereocenters. The maximum Gasteiger partial charge on any atom is 0.266 e. The second-order valence-corrected chi connectivity index (χ2v) is 5.31. The van der Waals surface area contributed by atoms with Gasteiger partial charge in [0.1, 0.15) is 6.61 Å². The van der Waals surface area contributed by atoms with Crippen LogP contribution in [0.1, 0.15) is 25.6 Å². The van der Waals surface area contributed by atoms with Crippen molar-refractivity contribution < 1.29 is 12.6 Å². The lowest BCUT2D eigenvalue weighted by Gasteiger charge is -2.09. The normalized spacial score (nSPS) is 12.0. The molecule has 16 heavy (non-hydrogen) atoms. The summed E-state index contributed by atoms with van der Waals surface area (Å²) < 4.78 is 27.4. The van der Waals surface area contributed by atoms with Crippen LogP contribution in [0.15, 0.2) is 16.9 Å². The molecule has 0 aromatic carbocycles. The van der Waals surface area contributed by atoms with Crippen molar-refractivity contribution in [3.05, 3.63) is 28.2 Å². The highest BCUT2D eigenvalue weighted by molar-refractivity contribution is 7.85. The minimum atomic E-state index is -3.49. The van der Waals surface area contributed by atoms with Gasteiger partial charge in [-0.1, -0.05) is 0 Å². The minimum absolute atomic E-state index is 0.0781. The van der Waals surface area contributed by atoms with Gasteiger partial charge in [-0.05, 0) is 19.9 Å². The average molecular weight is 246 g/mol. The molecule has 0 aliphatic heterocycles. The van der Waals surface area contributed by atoms with Crippen molar-refractivity contribution in [1.82, 2.24) is 9.78 Å². The first-order chi connectivity index (χ1) is 7.29. The molecule has 1 rings (SSSR count). The highest BCUT2D eigenvalue weighted by Gasteiger charge is 2.07. The lowest BCUT2D eigenvalue weighted by Crippen LogP contribution is -2.25. The summed E-state index contributed by atoms with van der Waals surface area (Å²) in [4.78, 5) is 11.4. The fraction of sp³-hybridized carbons (Fsp3) is 0.556. The van der Waals surface area contributed by atoms with Crippen molar-refractivity contribution in [2.45, 2.75) is 26.5 Å². The molecular weight excluding hydrogens is 232 g/mol. The largest absolute Gasteiger partial charge is 0.268 e. The van der Waals surface area contributed by atoms with Crippen molar-refractivity contribution in [3.8, 4) is 0 Å². The van der Waals surface area contributed by atoms with E-state index >= 15 is 0 Å². The van der Waals surface area contributed by atoms with Gasteiger partial charge in [0.05, 0.1) is 18.0 Å². The average Bonchev–Trinajstić information content (AvgIpc) is 2.14. The monoisotopic (exact) mass is 246 g/mol. The van der Waals surface area contributed by atoms with Crippen LogP contribution in [0.25, 0.3) is 0 Å². The van der Waals surface area contributed by atoms with Gasteiger partial charge in [-0.15, -0.1) is 0 Å². The molecule has 1 aromatic heterocycles. The summed E-state index contributed by atoms with van der Waals surface area (Å²) in [5, 5.41) is 3.99. The van der Waals surface area contributed by atoms with Gasteiger partial charge < -0.3 is 0 Å². The molecule has 6 nitrogen and oxygen atoms in total. The Morgan fingerprint density at radius 2 is 2.06 bits per heavy atom. The van der Waals surface area contributed by atoms with Gasteiger partial charge in [0, 0.05) is 6.07 Å². The van der Waals surface area contributed by atoms with Gasteiger partial charge in [-0.3, -0.25) is 8.98 Å². The zero-order valence-corrected chi connectivity index (χ0v) is 10.2. The third-order valence-corrected chi connectivity index (χ3v) is 2.34. The number of hydrogen-bond donors (Lipinski definition) is 0. The Balaban J connectivity index is 2.92. The Hall–Kier alpha value is -1.21. The molecule has 0 fully saturated rings. The molecule has 0 radical (unpaired) electrons. The van der Waals surface area contributed by atoms with Gasteiger partial charge in [0.25, 0.3) is 15.7 Å². The molecule has 0 bridgehead atoms. The standard InChI is InChI=1S/C9H14N2O4S/c1-7(2)11-9(12)5-4-8(10-11)6-15-16(3,13)14/h4-5,7H,6H2,1-3H3. The van der Waals surface area contributed by atoms with E-state index in [1.165, 1.54) is 16.8 Å². The molecule has 0 N–H and O–H groups in total. The summed E-state index contributed by atoms with van der Waals surface area (Å²) >= 11 is 0. The Bertz CT molecular complexity index is 519. The summed E-state index contributed by atoms with van der Waals surface area (Å²) in [6, 6.07) is 2.71. The van der Waals surface area contributed by atoms with Crippen LogP contribution in [0.4, 0.5) is 0 Å². The number of rotatable bonds is 4. The Kier molecular flexibility index (Phi) is 3.82. The van der Waals surface area contributed by atoms with E-state index in [0.717, 1.165) is 6.26 Å². The maximum atomic E-state index is 11.4. The van der Waals surface area contributed by atoms with Crippen LogP contribution in [0.2, 0.25) is 0 Å². The molecule has 0 saturated heterocycles. The van der Waals surface area contributed by atoms with Gasteiger partial charge >= 0.3 is 0 Å². The fourth-order valence-electron chi connectivity index (χ4n) is 1.08. The van der Waals surface area contributed by atoms with E-state index < -0.39 is 10.1 Å². The fourth-order valence-corrected chi connectivity index (χ4v) is 1.41. The van der Waals surface area contributed by atoms with Crippen molar-refractivity contribution in [3.63, 3.8) is 0 Å². The molecule has 1 aromatic rings. The zero-order chi connectivity index (χ0) is 12.3. The summed E-state index contributed by atoms with van der Waals surface area (Å²) in [5.74, 6) is 0. The second kappa shape index (κ2) is 4.75. The van der Waals surface area contributed by atoms with Gasteiger partial charge in [-0.2, -0.15) is 13.5 Å². The predicted molar refractivity (Wildman–Crippen MR) is 58.5 cm³/mol. The van der Waals surface area contributed by atoms with Crippen molar-refractivity contribution in [1.29, 1.82) is 0 Å². The Morgan fingerprint density at radius 1 is 1.44 bits per heavy atom. The lowest BCUT2D eigenvalue weighted by molar-refractivity contribution is 0.301. The third kappa shape index (κ3) is 3.74. The van der Waals surface area contributed by atoms with E-state index in [4.69, 9.17) is 0 Å². The molecule has 1 heterocycles. The van der Waals surface area contributed by atoms with Crippen LogP contribution in [-0.4, -0.2) is 24.5 Å². The van der Waals surface area contributed by atoms with Crippen molar-refractivity contribution in [2.24, 2.45) is 0 Å². The minimum Gasteiger partial charge on any atom is -0.268 e. The third-order valence-electron chi connectivity index (χ3n) is 1.79. The topological polar surface area (TPSA) is 78.3 Å². The quantitative estimate of drug-likeness (QED) is 0.714. The van der Waals surface area contributed by atoms with E-state index in [9.17, 15) is 13.2 Å². The second-order valence-electron chi connectivity index (χ2n) is 3.67. The van der Waals surface area contributed by atoms with E-state index in [0.29, 0.717) is 5.69 Å². The van der Waals surface area contributed by atoms with E-state index in [-0.39, 0.29) is 18.2 Å². The molecular formula is C9H14N2O4S. The van der Waals surface area contributed by atoms with E-state index in [1.807, 2.05) is 13.8 Å². The summed E-state index contributed by atoms with van der Waals surface area (Å²) in [5.41, 5.74) is 0.178. The lowest BCUT2D eigenvalue weighted by atomic mass is 10.3. The van der Waals surface area contributed by atoms with Gasteiger partial charge in [0.15, 0.2) is 0 Å². The number of nitrogens with zero attached hydrogens (tertiary/aromatic N) is 2. The first-order valence-corrected chi connectivity index (χ1v) is 6.54. The van der Waals surface area contributed by atoms with Gasteiger partial charge in [0.2, 0.25) is 0 Å².